The van der Waals surface area contributed by atoms with Crippen LogP contribution < -0.4 is 0 Å². The Morgan fingerprint density at radius 2 is 1.96 bits per heavy atom. The Balaban J connectivity index is 1.82. The molecule has 0 bridgehead atoms. The molecule has 1 aromatic heterocycles. The van der Waals surface area contributed by atoms with Crippen LogP contribution in [0.5, 0.6) is 0 Å². The summed E-state index contributed by atoms with van der Waals surface area (Å²) in [7, 11) is 0. The van der Waals surface area contributed by atoms with Gasteiger partial charge in [0.1, 0.15) is 11.3 Å². The van der Waals surface area contributed by atoms with Gasteiger partial charge in [0.15, 0.2) is 17.3 Å². The van der Waals surface area contributed by atoms with Crippen LogP contribution in [0.3, 0.4) is 0 Å². The van der Waals surface area contributed by atoms with Gasteiger partial charge in [0.25, 0.3) is 0 Å². The van der Waals surface area contributed by atoms with Crippen LogP contribution in [0.4, 0.5) is 4.39 Å². The van der Waals surface area contributed by atoms with Gasteiger partial charge in [-0.1, -0.05) is 37.3 Å². The largest absolute Gasteiger partial charge is 0.439 e. The Kier molecular flexibility index (Phi) is 4.39. The molecule has 2 aromatic carbocycles. The summed E-state index contributed by atoms with van der Waals surface area (Å²) in [5.74, 6) is -2.03. The first-order chi connectivity index (χ1) is 11.6. The minimum atomic E-state index is -1.09. The molecule has 0 aliphatic rings. The van der Waals surface area contributed by atoms with E-state index >= 15 is 0 Å². The van der Waals surface area contributed by atoms with Gasteiger partial charge in [-0.05, 0) is 29.7 Å². The number of ketones is 1. The van der Waals surface area contributed by atoms with Crippen LogP contribution >= 0.6 is 0 Å². The van der Waals surface area contributed by atoms with Crippen LogP contribution in [0.25, 0.3) is 11.1 Å². The van der Waals surface area contributed by atoms with Crippen LogP contribution in [-0.4, -0.2) is 10.8 Å². The van der Waals surface area contributed by atoms with Gasteiger partial charge >= 0.3 is 0 Å². The molecule has 5 heteroatoms. The summed E-state index contributed by atoms with van der Waals surface area (Å²) < 4.78 is 19.4. The van der Waals surface area contributed by atoms with Crippen molar-refractivity contribution >= 4 is 16.9 Å². The van der Waals surface area contributed by atoms with Gasteiger partial charge in [-0.25, -0.2) is 9.37 Å². The number of oxazole rings is 1. The number of nitriles is 1. The highest BCUT2D eigenvalue weighted by molar-refractivity contribution is 5.88. The molecule has 0 saturated heterocycles. The van der Waals surface area contributed by atoms with Crippen LogP contribution in [0.2, 0.25) is 0 Å². The molecule has 4 nitrogen and oxygen atoms in total. The molecule has 1 heterocycles. The van der Waals surface area contributed by atoms with E-state index in [1.165, 1.54) is 6.07 Å². The highest BCUT2D eigenvalue weighted by atomic mass is 19.1. The maximum Gasteiger partial charge on any atom is 0.220 e. The molecule has 0 spiro atoms. The second kappa shape index (κ2) is 6.63. The fourth-order valence-corrected chi connectivity index (χ4v) is 2.68. The second-order valence-corrected chi connectivity index (χ2v) is 5.67. The van der Waals surface area contributed by atoms with Crippen molar-refractivity contribution in [3.8, 4) is 6.07 Å². The Bertz CT molecular complexity index is 893. The quantitative estimate of drug-likeness (QED) is 0.701. The van der Waals surface area contributed by atoms with E-state index in [1.807, 2.05) is 6.07 Å². The summed E-state index contributed by atoms with van der Waals surface area (Å²) in [6.45, 7) is 1.76. The predicted molar refractivity (Wildman–Crippen MR) is 86.8 cm³/mol. The van der Waals surface area contributed by atoms with Gasteiger partial charge in [-0.15, -0.1) is 0 Å². The number of fused-ring (bicyclic) bond motifs is 1. The standard InChI is InChI=1S/C19H15FN2O2/c1-12(13-6-2-3-7-15(13)20)10-17(23)14(11-21)19-22-16-8-4-5-9-18(16)24-19/h2-9,12,14H,10H2,1H3/t12-,14+/m0/s1. The summed E-state index contributed by atoms with van der Waals surface area (Å²) >= 11 is 0. The number of carbonyl (C=O) groups is 1. The Labute approximate surface area is 138 Å². The molecule has 24 heavy (non-hydrogen) atoms. The number of halogens is 1. The first kappa shape index (κ1) is 15.9. The van der Waals surface area contributed by atoms with E-state index in [2.05, 4.69) is 4.98 Å². The normalized spacial score (nSPS) is 13.4. The predicted octanol–water partition coefficient (Wildman–Crippen LogP) is 4.34. The van der Waals surface area contributed by atoms with Crippen molar-refractivity contribution in [2.75, 3.05) is 0 Å². The van der Waals surface area contributed by atoms with E-state index in [1.54, 1.807) is 49.4 Å². The zero-order valence-corrected chi connectivity index (χ0v) is 13.1. The second-order valence-electron chi connectivity index (χ2n) is 5.67. The van der Waals surface area contributed by atoms with Crippen molar-refractivity contribution in [2.24, 2.45) is 0 Å². The molecular weight excluding hydrogens is 307 g/mol. The van der Waals surface area contributed by atoms with E-state index in [0.29, 0.717) is 16.7 Å². The lowest BCUT2D eigenvalue weighted by atomic mass is 9.91. The Hall–Kier alpha value is -3.00. The van der Waals surface area contributed by atoms with Crippen molar-refractivity contribution < 1.29 is 13.6 Å². The molecule has 120 valence electrons. The van der Waals surface area contributed by atoms with Crippen molar-refractivity contribution in [2.45, 2.75) is 25.2 Å². The Morgan fingerprint density at radius 1 is 1.25 bits per heavy atom. The van der Waals surface area contributed by atoms with Crippen LogP contribution in [-0.2, 0) is 4.79 Å². The number of hydrogen-bond donors (Lipinski definition) is 0. The summed E-state index contributed by atoms with van der Waals surface area (Å²) in [5.41, 5.74) is 1.59. The van der Waals surface area contributed by atoms with Gasteiger partial charge < -0.3 is 4.42 Å². The number of carbonyl (C=O) groups excluding carboxylic acids is 1. The minimum absolute atomic E-state index is 0.0396. The van der Waals surface area contributed by atoms with Crippen LogP contribution in [0, 0.1) is 17.1 Å². The molecule has 0 saturated carbocycles. The molecule has 3 rings (SSSR count). The number of benzene rings is 2. The zero-order valence-electron chi connectivity index (χ0n) is 13.1. The Morgan fingerprint density at radius 3 is 2.67 bits per heavy atom. The van der Waals surface area contributed by atoms with Gasteiger partial charge in [0.2, 0.25) is 5.89 Å². The first-order valence-electron chi connectivity index (χ1n) is 7.62. The van der Waals surface area contributed by atoms with E-state index in [9.17, 15) is 14.4 Å². The molecule has 2 atom stereocenters. The fourth-order valence-electron chi connectivity index (χ4n) is 2.68. The lowest BCUT2D eigenvalue weighted by molar-refractivity contribution is -0.120. The maximum absolute atomic E-state index is 13.8. The fraction of sp³-hybridized carbons (Fsp3) is 0.211. The van der Waals surface area contributed by atoms with E-state index < -0.39 is 5.92 Å². The summed E-state index contributed by atoms with van der Waals surface area (Å²) in [6.07, 6.45) is 0.0396. The minimum Gasteiger partial charge on any atom is -0.439 e. The molecule has 0 amide bonds. The molecule has 0 aliphatic heterocycles. The van der Waals surface area contributed by atoms with Gasteiger partial charge in [-0.2, -0.15) is 5.26 Å². The zero-order chi connectivity index (χ0) is 17.1. The molecular formula is C19H15FN2O2. The smallest absolute Gasteiger partial charge is 0.220 e. The molecule has 0 aliphatic carbocycles. The first-order valence-corrected chi connectivity index (χ1v) is 7.62. The third-order valence-electron chi connectivity index (χ3n) is 3.95. The van der Waals surface area contributed by atoms with Crippen molar-refractivity contribution in [1.29, 1.82) is 5.26 Å². The SMILES string of the molecule is C[C@@H](CC(=O)[C@@H](C#N)c1nc2ccccc2o1)c1ccccc1F. The average molecular weight is 322 g/mol. The monoisotopic (exact) mass is 322 g/mol. The number of rotatable bonds is 5. The third kappa shape index (κ3) is 3.04. The maximum atomic E-state index is 13.8. The van der Waals surface area contributed by atoms with Crippen molar-refractivity contribution in [3.63, 3.8) is 0 Å². The lowest BCUT2D eigenvalue weighted by Gasteiger charge is -2.13. The molecule has 0 unspecified atom stereocenters. The van der Waals surface area contributed by atoms with Crippen molar-refractivity contribution in [3.05, 3.63) is 65.8 Å². The van der Waals surface area contributed by atoms with E-state index in [0.717, 1.165) is 0 Å². The van der Waals surface area contributed by atoms with Gasteiger partial charge in [0.05, 0.1) is 6.07 Å². The highest BCUT2D eigenvalue weighted by Gasteiger charge is 2.27. The lowest BCUT2D eigenvalue weighted by Crippen LogP contribution is -2.14. The molecule has 3 aromatic rings. The number of nitrogens with zero attached hydrogens (tertiary/aromatic N) is 2. The molecule has 0 radical (unpaired) electrons. The summed E-state index contributed by atoms with van der Waals surface area (Å²) in [6, 6.07) is 15.4. The van der Waals surface area contributed by atoms with Crippen molar-refractivity contribution in [1.82, 2.24) is 4.98 Å². The van der Waals surface area contributed by atoms with E-state index in [4.69, 9.17) is 4.42 Å². The average Bonchev–Trinajstić information content (AvgIpc) is 2.99. The number of aromatic nitrogens is 1. The third-order valence-corrected chi connectivity index (χ3v) is 3.95. The van der Waals surface area contributed by atoms with Gasteiger partial charge in [0, 0.05) is 6.42 Å². The molecule has 0 N–H and O–H groups in total. The number of para-hydroxylation sites is 2. The molecule has 0 fully saturated rings. The highest BCUT2D eigenvalue weighted by Crippen LogP contribution is 2.27. The van der Waals surface area contributed by atoms with Gasteiger partial charge in [-0.3, -0.25) is 4.79 Å². The summed E-state index contributed by atoms with van der Waals surface area (Å²) in [5, 5.41) is 9.37. The van der Waals surface area contributed by atoms with Crippen LogP contribution in [0.1, 0.15) is 36.6 Å². The van der Waals surface area contributed by atoms with Crippen LogP contribution in [0.15, 0.2) is 52.9 Å². The summed E-state index contributed by atoms with van der Waals surface area (Å²) in [4.78, 5) is 16.7. The van der Waals surface area contributed by atoms with E-state index in [-0.39, 0.29) is 29.8 Å². The topological polar surface area (TPSA) is 66.9 Å². The number of hydrogen-bond acceptors (Lipinski definition) is 4. The number of Topliss-reactive ketones (excluding diaryl/α,β-unsaturated/α-hetero) is 1.